The number of thiophene rings is 1. The van der Waals surface area contributed by atoms with Gasteiger partial charge in [-0.25, -0.2) is 23.5 Å². The Hall–Kier alpha value is -1.84. The van der Waals surface area contributed by atoms with E-state index in [0.29, 0.717) is 13.1 Å². The van der Waals surface area contributed by atoms with Gasteiger partial charge in [0.05, 0.1) is 5.69 Å². The molecule has 1 amide bonds. The molecule has 2 aliphatic rings. The molecule has 0 aromatic carbocycles. The average molecular weight is 393 g/mol. The van der Waals surface area contributed by atoms with Crippen molar-refractivity contribution < 1.29 is 13.2 Å². The summed E-state index contributed by atoms with van der Waals surface area (Å²) < 4.78 is 23.5. The lowest BCUT2D eigenvalue weighted by atomic mass is 9.77. The van der Waals surface area contributed by atoms with E-state index in [1.165, 1.54) is 6.07 Å². The van der Waals surface area contributed by atoms with Crippen LogP contribution in [0, 0.1) is 6.92 Å². The molecule has 1 atom stereocenters. The summed E-state index contributed by atoms with van der Waals surface area (Å²) in [4.78, 5) is 23.9. The normalized spacial score (nSPS) is 22.6. The number of aromatic nitrogens is 2. The molecule has 9 heteroatoms. The lowest BCUT2D eigenvalue weighted by molar-refractivity contribution is 0.0634. The van der Waals surface area contributed by atoms with Crippen LogP contribution in [-0.4, -0.2) is 42.3 Å². The quantitative estimate of drug-likeness (QED) is 0.836. The van der Waals surface area contributed by atoms with Crippen molar-refractivity contribution in [3.63, 3.8) is 0 Å². The molecule has 1 aliphatic carbocycles. The van der Waals surface area contributed by atoms with Gasteiger partial charge in [0.1, 0.15) is 15.6 Å². The third kappa shape index (κ3) is 2.83. The lowest BCUT2D eigenvalue weighted by Gasteiger charge is -2.40. The second kappa shape index (κ2) is 6.11. The smallest absolute Gasteiger partial charge is 0.265 e. The largest absolute Gasteiger partial charge is 0.337 e. The summed E-state index contributed by atoms with van der Waals surface area (Å²) in [5.41, 5.74) is 2.06. The predicted molar refractivity (Wildman–Crippen MR) is 97.6 cm³/mol. The van der Waals surface area contributed by atoms with Gasteiger partial charge in [0.15, 0.2) is 0 Å². The number of fused-ring (bicyclic) bond motifs is 2. The van der Waals surface area contributed by atoms with E-state index < -0.39 is 10.0 Å². The van der Waals surface area contributed by atoms with Crippen LogP contribution in [0.5, 0.6) is 0 Å². The maximum Gasteiger partial charge on any atom is 0.265 e. The van der Waals surface area contributed by atoms with Gasteiger partial charge in [0.25, 0.3) is 5.91 Å². The van der Waals surface area contributed by atoms with Crippen molar-refractivity contribution in [2.24, 2.45) is 5.14 Å². The van der Waals surface area contributed by atoms with Crippen LogP contribution in [-0.2, 0) is 21.9 Å². The number of rotatable bonds is 2. The first-order valence-electron chi connectivity index (χ1n) is 8.53. The van der Waals surface area contributed by atoms with Crippen LogP contribution in [0.2, 0.25) is 0 Å². The van der Waals surface area contributed by atoms with Gasteiger partial charge in [-0.2, -0.15) is 0 Å². The number of likely N-dealkylation sites (tertiary alicyclic amines) is 1. The molecule has 2 aromatic rings. The van der Waals surface area contributed by atoms with Crippen molar-refractivity contribution in [3.05, 3.63) is 39.6 Å². The minimum Gasteiger partial charge on any atom is -0.337 e. The van der Waals surface area contributed by atoms with Crippen LogP contribution >= 0.6 is 11.3 Å². The zero-order chi connectivity index (χ0) is 18.5. The van der Waals surface area contributed by atoms with Crippen LogP contribution in [0.3, 0.4) is 0 Å². The molecular weight excluding hydrogens is 372 g/mol. The number of carbonyl (C=O) groups is 1. The van der Waals surface area contributed by atoms with Gasteiger partial charge >= 0.3 is 0 Å². The van der Waals surface area contributed by atoms with Crippen molar-refractivity contribution >= 4 is 27.3 Å². The minimum absolute atomic E-state index is 0.0860. The van der Waals surface area contributed by atoms with E-state index in [0.717, 1.165) is 54.1 Å². The fraction of sp³-hybridized carbons (Fsp3) is 0.471. The molecule has 7 nitrogen and oxygen atoms in total. The van der Waals surface area contributed by atoms with Gasteiger partial charge in [-0.15, -0.1) is 11.3 Å². The molecule has 2 N–H and O–H groups in total. The van der Waals surface area contributed by atoms with E-state index in [9.17, 15) is 13.2 Å². The maximum atomic E-state index is 13.0. The Bertz CT molecular complexity index is 982. The molecule has 1 saturated heterocycles. The van der Waals surface area contributed by atoms with Crippen LogP contribution < -0.4 is 5.14 Å². The fourth-order valence-corrected chi connectivity index (χ4v) is 6.09. The highest BCUT2D eigenvalue weighted by Gasteiger charge is 2.45. The molecule has 1 aliphatic heterocycles. The predicted octanol–water partition coefficient (Wildman–Crippen LogP) is 1.61. The number of hydrogen-bond donors (Lipinski definition) is 1. The Morgan fingerprint density at radius 3 is 2.96 bits per heavy atom. The Morgan fingerprint density at radius 2 is 2.19 bits per heavy atom. The number of amides is 1. The van der Waals surface area contributed by atoms with Crippen molar-refractivity contribution in [2.45, 2.75) is 42.9 Å². The van der Waals surface area contributed by atoms with Gasteiger partial charge in [-0.1, -0.05) is 0 Å². The molecule has 26 heavy (non-hydrogen) atoms. The molecule has 3 heterocycles. The number of nitrogens with two attached hydrogens (primary N) is 1. The molecule has 1 fully saturated rings. The van der Waals surface area contributed by atoms with Crippen LogP contribution in [0.25, 0.3) is 0 Å². The van der Waals surface area contributed by atoms with E-state index in [4.69, 9.17) is 5.14 Å². The minimum atomic E-state index is -3.91. The molecule has 138 valence electrons. The van der Waals surface area contributed by atoms with Crippen LogP contribution in [0.4, 0.5) is 0 Å². The first kappa shape index (κ1) is 17.6. The van der Waals surface area contributed by atoms with Crippen molar-refractivity contribution in [3.8, 4) is 0 Å². The summed E-state index contributed by atoms with van der Waals surface area (Å²) in [6, 6.07) is 1.40. The average Bonchev–Trinajstić information content (AvgIpc) is 3.21. The highest BCUT2D eigenvalue weighted by molar-refractivity contribution is 7.89. The van der Waals surface area contributed by atoms with Crippen molar-refractivity contribution in [1.29, 1.82) is 0 Å². The zero-order valence-electron chi connectivity index (χ0n) is 14.4. The van der Waals surface area contributed by atoms with Gasteiger partial charge in [0.2, 0.25) is 10.0 Å². The highest BCUT2D eigenvalue weighted by Crippen LogP contribution is 2.44. The summed E-state index contributed by atoms with van der Waals surface area (Å²) in [6.07, 6.45) is 5.60. The number of hydrogen-bond acceptors (Lipinski definition) is 6. The van der Waals surface area contributed by atoms with Gasteiger partial charge in [-0.3, -0.25) is 4.79 Å². The molecule has 2 aromatic heterocycles. The number of sulfonamides is 1. The number of aryl methyl sites for hydroxylation is 2. The van der Waals surface area contributed by atoms with E-state index in [2.05, 4.69) is 9.97 Å². The van der Waals surface area contributed by atoms with Gasteiger partial charge in [-0.05, 0) is 49.6 Å². The first-order chi connectivity index (χ1) is 12.3. The van der Waals surface area contributed by atoms with Crippen molar-refractivity contribution in [2.75, 3.05) is 13.1 Å². The monoisotopic (exact) mass is 392 g/mol. The van der Waals surface area contributed by atoms with Crippen LogP contribution in [0.1, 0.15) is 46.0 Å². The number of nitrogens with zero attached hydrogens (tertiary/aromatic N) is 3. The molecular formula is C17H20N4O3S2. The standard InChI is InChI=1S/C17H20N4O3S2/c1-11-19-9-12-3-6-17(15(12)20-11)5-2-7-21(10-17)16(22)14-13(4-8-25-14)26(18,23)24/h4,8-9H,2-3,5-7,10H2,1H3,(H2,18,23,24). The summed E-state index contributed by atoms with van der Waals surface area (Å²) >= 11 is 1.12. The third-order valence-corrected chi connectivity index (χ3v) is 7.34. The van der Waals surface area contributed by atoms with Crippen molar-refractivity contribution in [1.82, 2.24) is 14.9 Å². The first-order valence-corrected chi connectivity index (χ1v) is 11.0. The van der Waals surface area contributed by atoms with E-state index in [1.54, 1.807) is 10.3 Å². The number of carbonyl (C=O) groups excluding carboxylic acids is 1. The van der Waals surface area contributed by atoms with E-state index in [1.807, 2.05) is 13.1 Å². The molecule has 4 rings (SSSR count). The van der Waals surface area contributed by atoms with Gasteiger partial charge < -0.3 is 4.90 Å². The topological polar surface area (TPSA) is 106 Å². The zero-order valence-corrected chi connectivity index (χ0v) is 16.1. The molecule has 1 unspecified atom stereocenters. The van der Waals surface area contributed by atoms with Crippen LogP contribution in [0.15, 0.2) is 22.5 Å². The second-order valence-corrected chi connectivity index (χ2v) is 9.51. The summed E-state index contributed by atoms with van der Waals surface area (Å²) in [5, 5.41) is 6.85. The molecule has 0 saturated carbocycles. The lowest BCUT2D eigenvalue weighted by Crippen LogP contribution is -2.48. The Balaban J connectivity index is 1.66. The van der Waals surface area contributed by atoms with E-state index in [-0.39, 0.29) is 21.1 Å². The summed E-state index contributed by atoms with van der Waals surface area (Å²) in [6.45, 7) is 3.04. The Labute approximate surface area is 156 Å². The Morgan fingerprint density at radius 1 is 1.38 bits per heavy atom. The van der Waals surface area contributed by atoms with E-state index >= 15 is 0 Å². The Kier molecular flexibility index (Phi) is 4.13. The summed E-state index contributed by atoms with van der Waals surface area (Å²) in [7, 11) is -3.91. The summed E-state index contributed by atoms with van der Waals surface area (Å²) in [5.74, 6) is 0.477. The SMILES string of the molecule is Cc1ncc2c(n1)C1(CCCN(C(=O)c3sccc3S(N)(=O)=O)C1)CC2. The highest BCUT2D eigenvalue weighted by atomic mass is 32.2. The molecule has 0 bridgehead atoms. The van der Waals surface area contributed by atoms with Gasteiger partial charge in [0, 0.05) is 24.7 Å². The molecule has 1 spiro atoms. The maximum absolute atomic E-state index is 13.0. The molecule has 0 radical (unpaired) electrons. The third-order valence-electron chi connectivity index (χ3n) is 5.35. The number of piperidine rings is 1. The fourth-order valence-electron chi connectivity index (χ4n) is 4.15. The second-order valence-electron chi connectivity index (χ2n) is 7.06. The number of primary sulfonamides is 1.